The van der Waals surface area contributed by atoms with Crippen LogP contribution in [0.25, 0.3) is 0 Å². The third kappa shape index (κ3) is 7.30. The molecule has 1 aliphatic rings. The summed E-state index contributed by atoms with van der Waals surface area (Å²) < 4.78 is 5.82. The molecule has 0 unspecified atom stereocenters. The van der Waals surface area contributed by atoms with Gasteiger partial charge in [0.15, 0.2) is 5.96 Å². The topological polar surface area (TPSA) is 65.9 Å². The number of aliphatic imine (C=N–C) groups is 1. The predicted molar refractivity (Wildman–Crippen MR) is 133 cm³/mol. The Morgan fingerprint density at radius 2 is 1.87 bits per heavy atom. The highest BCUT2D eigenvalue weighted by molar-refractivity contribution is 14.0. The maximum Gasteiger partial charge on any atom is 0.225 e. The number of halogens is 1. The van der Waals surface area contributed by atoms with Crippen molar-refractivity contribution < 1.29 is 4.74 Å². The van der Waals surface area contributed by atoms with Gasteiger partial charge in [0, 0.05) is 45.1 Å². The first kappa shape index (κ1) is 24.2. The Labute approximate surface area is 197 Å². The standard InChI is InChI=1S/C22H32N6O.HI/c1-3-5-16-29-20-9-6-8-19(17-20)18-26-21(23-4-2)27-12-14-28(15-13-27)22-24-10-7-11-25-22;/h6-11,17H,3-5,12-16,18H2,1-2H3,(H,23,26);1H. The molecule has 2 heterocycles. The number of aromatic nitrogens is 2. The van der Waals surface area contributed by atoms with Crippen LogP contribution < -0.4 is 15.0 Å². The van der Waals surface area contributed by atoms with Crippen LogP contribution in [0.4, 0.5) is 5.95 Å². The van der Waals surface area contributed by atoms with E-state index in [9.17, 15) is 0 Å². The highest BCUT2D eigenvalue weighted by Gasteiger charge is 2.21. The van der Waals surface area contributed by atoms with E-state index in [1.165, 1.54) is 0 Å². The van der Waals surface area contributed by atoms with Crippen LogP contribution in [0.3, 0.4) is 0 Å². The highest BCUT2D eigenvalue weighted by Crippen LogP contribution is 2.15. The molecule has 2 aromatic rings. The monoisotopic (exact) mass is 524 g/mol. The van der Waals surface area contributed by atoms with E-state index < -0.39 is 0 Å². The molecule has 0 saturated carbocycles. The first-order valence-electron chi connectivity index (χ1n) is 10.6. The number of benzene rings is 1. The summed E-state index contributed by atoms with van der Waals surface area (Å²) in [5, 5.41) is 3.43. The molecule has 1 aromatic carbocycles. The molecule has 1 aromatic heterocycles. The lowest BCUT2D eigenvalue weighted by Gasteiger charge is -2.36. The van der Waals surface area contributed by atoms with Gasteiger partial charge in [-0.2, -0.15) is 0 Å². The lowest BCUT2D eigenvalue weighted by atomic mass is 10.2. The Balaban J connectivity index is 0.00000320. The van der Waals surface area contributed by atoms with Crippen LogP contribution >= 0.6 is 24.0 Å². The molecule has 0 spiro atoms. The van der Waals surface area contributed by atoms with E-state index in [-0.39, 0.29) is 24.0 Å². The zero-order chi connectivity index (χ0) is 20.3. The minimum Gasteiger partial charge on any atom is -0.494 e. The number of nitrogens with one attached hydrogen (secondary N) is 1. The number of guanidine groups is 1. The zero-order valence-corrected chi connectivity index (χ0v) is 20.3. The third-order valence-corrected chi connectivity index (χ3v) is 4.83. The second-order valence-corrected chi connectivity index (χ2v) is 7.04. The molecule has 0 bridgehead atoms. The molecule has 164 valence electrons. The van der Waals surface area contributed by atoms with Crippen molar-refractivity contribution in [3.8, 4) is 5.75 Å². The van der Waals surface area contributed by atoms with Crippen LogP contribution in [-0.4, -0.2) is 60.2 Å². The fourth-order valence-corrected chi connectivity index (χ4v) is 3.23. The van der Waals surface area contributed by atoms with Gasteiger partial charge in [-0.25, -0.2) is 15.0 Å². The maximum atomic E-state index is 5.82. The lowest BCUT2D eigenvalue weighted by molar-refractivity contribution is 0.309. The van der Waals surface area contributed by atoms with E-state index in [4.69, 9.17) is 9.73 Å². The number of unbranched alkanes of at least 4 members (excludes halogenated alkanes) is 1. The van der Waals surface area contributed by atoms with Crippen LogP contribution in [0.5, 0.6) is 5.75 Å². The normalized spacial score (nSPS) is 14.3. The summed E-state index contributed by atoms with van der Waals surface area (Å²) in [6.07, 6.45) is 5.80. The fourth-order valence-electron chi connectivity index (χ4n) is 3.23. The van der Waals surface area contributed by atoms with Crippen LogP contribution in [0.15, 0.2) is 47.7 Å². The van der Waals surface area contributed by atoms with Gasteiger partial charge in [-0.3, -0.25) is 0 Å². The van der Waals surface area contributed by atoms with Crippen molar-refractivity contribution >= 4 is 35.9 Å². The molecule has 0 atom stereocenters. The molecular formula is C22H33IN6O. The van der Waals surface area contributed by atoms with E-state index in [0.717, 1.165) is 75.4 Å². The predicted octanol–water partition coefficient (Wildman–Crippen LogP) is 3.56. The van der Waals surface area contributed by atoms with Gasteiger partial charge in [0.1, 0.15) is 5.75 Å². The van der Waals surface area contributed by atoms with Crippen molar-refractivity contribution in [2.45, 2.75) is 33.2 Å². The van der Waals surface area contributed by atoms with E-state index >= 15 is 0 Å². The Hall–Kier alpha value is -2.10. The van der Waals surface area contributed by atoms with Crippen molar-refractivity contribution in [2.75, 3.05) is 44.2 Å². The molecule has 1 saturated heterocycles. The van der Waals surface area contributed by atoms with Gasteiger partial charge in [0.25, 0.3) is 0 Å². The molecule has 0 aliphatic carbocycles. The molecule has 1 N–H and O–H groups in total. The molecule has 0 radical (unpaired) electrons. The number of hydrogen-bond acceptors (Lipinski definition) is 5. The SMILES string of the molecule is CCCCOc1cccc(CN=C(NCC)N2CCN(c3ncccn3)CC2)c1.I. The van der Waals surface area contributed by atoms with Crippen molar-refractivity contribution in [2.24, 2.45) is 4.99 Å². The van der Waals surface area contributed by atoms with Crippen molar-refractivity contribution in [1.29, 1.82) is 0 Å². The van der Waals surface area contributed by atoms with Gasteiger partial charge >= 0.3 is 0 Å². The van der Waals surface area contributed by atoms with Crippen molar-refractivity contribution in [1.82, 2.24) is 20.2 Å². The smallest absolute Gasteiger partial charge is 0.225 e. The molecule has 1 fully saturated rings. The quantitative estimate of drug-likeness (QED) is 0.247. The van der Waals surface area contributed by atoms with Crippen LogP contribution in [0.1, 0.15) is 32.3 Å². The lowest BCUT2D eigenvalue weighted by Crippen LogP contribution is -2.52. The molecule has 7 nitrogen and oxygen atoms in total. The minimum absolute atomic E-state index is 0. The molecule has 8 heteroatoms. The third-order valence-electron chi connectivity index (χ3n) is 4.83. The summed E-state index contributed by atoms with van der Waals surface area (Å²) in [7, 11) is 0. The van der Waals surface area contributed by atoms with Crippen molar-refractivity contribution in [3.63, 3.8) is 0 Å². The Bertz CT molecular complexity index is 765. The maximum absolute atomic E-state index is 5.82. The molecule has 1 aliphatic heterocycles. The molecule has 30 heavy (non-hydrogen) atoms. The number of ether oxygens (including phenoxy) is 1. The van der Waals surface area contributed by atoms with Crippen LogP contribution in [-0.2, 0) is 6.54 Å². The summed E-state index contributed by atoms with van der Waals surface area (Å²) in [5.41, 5.74) is 1.16. The summed E-state index contributed by atoms with van der Waals surface area (Å²) in [4.78, 5) is 18.1. The van der Waals surface area contributed by atoms with Gasteiger partial charge in [0.05, 0.1) is 13.2 Å². The number of rotatable bonds is 8. The van der Waals surface area contributed by atoms with Crippen LogP contribution in [0.2, 0.25) is 0 Å². The van der Waals surface area contributed by atoms with E-state index in [2.05, 4.69) is 51.1 Å². The second kappa shape index (κ2) is 13.3. The average Bonchev–Trinajstić information content (AvgIpc) is 2.78. The summed E-state index contributed by atoms with van der Waals surface area (Å²) in [6, 6.07) is 10.1. The largest absolute Gasteiger partial charge is 0.494 e. The number of nitrogens with zero attached hydrogens (tertiary/aromatic N) is 5. The second-order valence-electron chi connectivity index (χ2n) is 7.04. The van der Waals surface area contributed by atoms with Gasteiger partial charge < -0.3 is 19.9 Å². The average molecular weight is 524 g/mol. The summed E-state index contributed by atoms with van der Waals surface area (Å²) in [5.74, 6) is 2.68. The Kier molecular flexibility index (Phi) is 10.7. The number of anilines is 1. The van der Waals surface area contributed by atoms with E-state index in [1.807, 2.05) is 18.2 Å². The van der Waals surface area contributed by atoms with E-state index in [0.29, 0.717) is 6.54 Å². The van der Waals surface area contributed by atoms with Gasteiger partial charge in [-0.1, -0.05) is 25.5 Å². The summed E-state index contributed by atoms with van der Waals surface area (Å²) in [6.45, 7) is 10.1. The Morgan fingerprint density at radius 3 is 2.57 bits per heavy atom. The van der Waals surface area contributed by atoms with Gasteiger partial charge in [-0.15, -0.1) is 24.0 Å². The molecule has 3 rings (SSSR count). The van der Waals surface area contributed by atoms with Crippen molar-refractivity contribution in [3.05, 3.63) is 48.3 Å². The molecular weight excluding hydrogens is 491 g/mol. The molecule has 0 amide bonds. The van der Waals surface area contributed by atoms with E-state index in [1.54, 1.807) is 12.4 Å². The highest BCUT2D eigenvalue weighted by atomic mass is 127. The van der Waals surface area contributed by atoms with Gasteiger partial charge in [0.2, 0.25) is 5.95 Å². The first-order valence-corrected chi connectivity index (χ1v) is 10.6. The minimum atomic E-state index is 0. The number of piperazine rings is 1. The number of hydrogen-bond donors (Lipinski definition) is 1. The summed E-state index contributed by atoms with van der Waals surface area (Å²) >= 11 is 0. The Morgan fingerprint density at radius 1 is 1.10 bits per heavy atom. The van der Waals surface area contributed by atoms with Gasteiger partial charge in [-0.05, 0) is 37.1 Å². The fraction of sp³-hybridized carbons (Fsp3) is 0.500. The van der Waals surface area contributed by atoms with Crippen LogP contribution in [0, 0.1) is 0 Å². The first-order chi connectivity index (χ1) is 14.3. The zero-order valence-electron chi connectivity index (χ0n) is 18.0.